The average Bonchev–Trinajstić information content (AvgIpc) is 2.55. The van der Waals surface area contributed by atoms with Crippen molar-refractivity contribution >= 4 is 23.4 Å². The second kappa shape index (κ2) is 6.90. The number of esters is 1. The molecule has 0 aromatic heterocycles. The third-order valence-corrected chi connectivity index (χ3v) is 3.89. The van der Waals surface area contributed by atoms with Crippen molar-refractivity contribution in [3.05, 3.63) is 45.5 Å². The van der Waals surface area contributed by atoms with Crippen LogP contribution < -0.4 is 4.74 Å². The molecule has 0 aliphatic heterocycles. The first-order chi connectivity index (χ1) is 11.7. The van der Waals surface area contributed by atoms with E-state index in [9.17, 15) is 24.9 Å². The molecule has 2 aromatic rings. The number of phenolic OH excluding ortho intramolecular Hbond substituents is 3. The third kappa shape index (κ3) is 3.18. The van der Waals surface area contributed by atoms with Gasteiger partial charge in [0.25, 0.3) is 0 Å². The van der Waals surface area contributed by atoms with Crippen LogP contribution in [0.2, 0.25) is 5.02 Å². The monoisotopic (exact) mass is 366 g/mol. The average molecular weight is 367 g/mol. The van der Waals surface area contributed by atoms with Gasteiger partial charge in [0.05, 0.1) is 25.3 Å². The summed E-state index contributed by atoms with van der Waals surface area (Å²) >= 11 is 5.95. The summed E-state index contributed by atoms with van der Waals surface area (Å²) in [6.07, 6.45) is 0. The van der Waals surface area contributed by atoms with Gasteiger partial charge >= 0.3 is 5.97 Å². The van der Waals surface area contributed by atoms with Crippen molar-refractivity contribution in [1.29, 1.82) is 0 Å². The maximum Gasteiger partial charge on any atom is 0.338 e. The minimum atomic E-state index is -1.00. The zero-order valence-electron chi connectivity index (χ0n) is 13.6. The summed E-state index contributed by atoms with van der Waals surface area (Å²) in [6.45, 7) is 1.61. The molecule has 0 amide bonds. The molecule has 7 nitrogen and oxygen atoms in total. The predicted octanol–water partition coefficient (Wildman–Crippen LogP) is 2.79. The van der Waals surface area contributed by atoms with Gasteiger partial charge in [0, 0.05) is 0 Å². The largest absolute Gasteiger partial charge is 0.507 e. The molecule has 0 saturated heterocycles. The van der Waals surface area contributed by atoms with E-state index in [1.54, 1.807) is 6.92 Å². The van der Waals surface area contributed by atoms with E-state index in [4.69, 9.17) is 16.3 Å². The van der Waals surface area contributed by atoms with Crippen molar-refractivity contribution in [1.82, 2.24) is 0 Å². The Morgan fingerprint density at radius 3 is 2.04 bits per heavy atom. The zero-order chi connectivity index (χ0) is 18.9. The van der Waals surface area contributed by atoms with Crippen LogP contribution in [-0.4, -0.2) is 41.3 Å². The number of carbonyl (C=O) groups excluding carboxylic acids is 2. The van der Waals surface area contributed by atoms with Gasteiger partial charge in [0.1, 0.15) is 33.6 Å². The molecule has 0 atom stereocenters. The molecular weight excluding hydrogens is 352 g/mol. The molecular formula is C17H15ClO7. The highest BCUT2D eigenvalue weighted by molar-refractivity contribution is 6.35. The molecule has 25 heavy (non-hydrogen) atoms. The summed E-state index contributed by atoms with van der Waals surface area (Å²) in [7, 11) is 2.36. The summed E-state index contributed by atoms with van der Waals surface area (Å²) in [4.78, 5) is 24.8. The quantitative estimate of drug-likeness (QED) is 0.563. The SMILES string of the molecule is COC(=O)c1cc(OC)c(Cl)c(O)c1C(=O)c1c(O)cc(C)cc1O. The van der Waals surface area contributed by atoms with E-state index in [-0.39, 0.29) is 16.3 Å². The maximum atomic E-state index is 12.8. The highest BCUT2D eigenvalue weighted by Gasteiger charge is 2.30. The van der Waals surface area contributed by atoms with Crippen LogP contribution >= 0.6 is 11.6 Å². The Morgan fingerprint density at radius 2 is 1.56 bits per heavy atom. The standard InChI is InChI=1S/C17H15ClO7/c1-7-4-9(19)13(10(20)5-7)15(21)12-8(17(23)25-3)6-11(24-2)14(18)16(12)22/h4-6,19-20,22H,1-3H3. The van der Waals surface area contributed by atoms with Gasteiger partial charge in [-0.1, -0.05) is 11.6 Å². The van der Waals surface area contributed by atoms with E-state index in [0.717, 1.165) is 13.2 Å². The van der Waals surface area contributed by atoms with Crippen molar-refractivity contribution in [2.45, 2.75) is 6.92 Å². The molecule has 3 N–H and O–H groups in total. The van der Waals surface area contributed by atoms with Gasteiger partial charge in [0.2, 0.25) is 5.78 Å². The molecule has 0 heterocycles. The van der Waals surface area contributed by atoms with Crippen LogP contribution in [0.25, 0.3) is 0 Å². The summed E-state index contributed by atoms with van der Waals surface area (Å²) in [5.74, 6) is -3.73. The molecule has 0 saturated carbocycles. The molecule has 0 bridgehead atoms. The molecule has 8 heteroatoms. The number of carbonyl (C=O) groups is 2. The van der Waals surface area contributed by atoms with Crippen LogP contribution in [-0.2, 0) is 4.74 Å². The summed E-state index contributed by atoms with van der Waals surface area (Å²) in [6, 6.07) is 3.64. The number of rotatable bonds is 4. The fourth-order valence-corrected chi connectivity index (χ4v) is 2.60. The second-order valence-corrected chi connectivity index (χ2v) is 5.54. The Hall–Kier alpha value is -2.93. The Morgan fingerprint density at radius 1 is 1.00 bits per heavy atom. The predicted molar refractivity (Wildman–Crippen MR) is 88.9 cm³/mol. The lowest BCUT2D eigenvalue weighted by molar-refractivity contribution is 0.0596. The van der Waals surface area contributed by atoms with E-state index >= 15 is 0 Å². The van der Waals surface area contributed by atoms with Gasteiger partial charge in [-0.2, -0.15) is 0 Å². The lowest BCUT2D eigenvalue weighted by Crippen LogP contribution is -2.13. The van der Waals surface area contributed by atoms with Crippen molar-refractivity contribution in [3.8, 4) is 23.0 Å². The van der Waals surface area contributed by atoms with Crippen molar-refractivity contribution in [3.63, 3.8) is 0 Å². The number of ether oxygens (including phenoxy) is 2. The van der Waals surface area contributed by atoms with Crippen LogP contribution in [0, 0.1) is 6.92 Å². The number of halogens is 1. The number of aromatic hydroxyl groups is 3. The molecule has 0 aliphatic rings. The first kappa shape index (κ1) is 18.4. The third-order valence-electron chi connectivity index (χ3n) is 3.53. The molecule has 0 radical (unpaired) electrons. The molecule has 0 unspecified atom stereocenters. The van der Waals surface area contributed by atoms with Crippen LogP contribution in [0.4, 0.5) is 0 Å². The number of methoxy groups -OCH3 is 2. The second-order valence-electron chi connectivity index (χ2n) is 5.16. The fraction of sp³-hybridized carbons (Fsp3) is 0.176. The van der Waals surface area contributed by atoms with E-state index < -0.39 is 40.1 Å². The molecule has 2 aromatic carbocycles. The molecule has 132 valence electrons. The Kier molecular flexibility index (Phi) is 5.08. The van der Waals surface area contributed by atoms with Crippen LogP contribution in [0.3, 0.4) is 0 Å². The van der Waals surface area contributed by atoms with Gasteiger partial charge in [0.15, 0.2) is 0 Å². The number of hydrogen-bond donors (Lipinski definition) is 3. The lowest BCUT2D eigenvalue weighted by atomic mass is 9.95. The Balaban J connectivity index is 2.80. The maximum absolute atomic E-state index is 12.8. The number of hydrogen-bond acceptors (Lipinski definition) is 7. The van der Waals surface area contributed by atoms with Crippen LogP contribution in [0.15, 0.2) is 18.2 Å². The van der Waals surface area contributed by atoms with E-state index in [2.05, 4.69) is 4.74 Å². The van der Waals surface area contributed by atoms with E-state index in [1.165, 1.54) is 19.2 Å². The highest BCUT2D eigenvalue weighted by Crippen LogP contribution is 2.41. The summed E-state index contributed by atoms with van der Waals surface area (Å²) < 4.78 is 9.57. The Labute approximate surface area is 148 Å². The van der Waals surface area contributed by atoms with Gasteiger partial charge < -0.3 is 24.8 Å². The zero-order valence-corrected chi connectivity index (χ0v) is 14.3. The van der Waals surface area contributed by atoms with Crippen molar-refractivity contribution in [2.75, 3.05) is 14.2 Å². The van der Waals surface area contributed by atoms with Crippen LogP contribution in [0.5, 0.6) is 23.0 Å². The lowest BCUT2D eigenvalue weighted by Gasteiger charge is -2.15. The number of aryl methyl sites for hydroxylation is 1. The number of ketones is 1. The first-order valence-corrected chi connectivity index (χ1v) is 7.35. The topological polar surface area (TPSA) is 113 Å². The van der Waals surface area contributed by atoms with Crippen LogP contribution in [0.1, 0.15) is 31.8 Å². The minimum Gasteiger partial charge on any atom is -0.507 e. The Bertz CT molecular complexity index is 851. The summed E-state index contributed by atoms with van der Waals surface area (Å²) in [5, 5.41) is 30.0. The van der Waals surface area contributed by atoms with E-state index in [0.29, 0.717) is 5.56 Å². The van der Waals surface area contributed by atoms with E-state index in [1.807, 2.05) is 0 Å². The highest BCUT2D eigenvalue weighted by atomic mass is 35.5. The molecule has 0 fully saturated rings. The fourth-order valence-electron chi connectivity index (χ4n) is 2.38. The van der Waals surface area contributed by atoms with Crippen molar-refractivity contribution < 1.29 is 34.4 Å². The van der Waals surface area contributed by atoms with Gasteiger partial charge in [-0.25, -0.2) is 4.79 Å². The van der Waals surface area contributed by atoms with Gasteiger partial charge in [-0.15, -0.1) is 0 Å². The molecule has 0 aliphatic carbocycles. The van der Waals surface area contributed by atoms with Gasteiger partial charge in [-0.3, -0.25) is 4.79 Å². The minimum absolute atomic E-state index is 0.0477. The number of benzene rings is 2. The smallest absolute Gasteiger partial charge is 0.338 e. The number of phenols is 3. The first-order valence-electron chi connectivity index (χ1n) is 6.97. The van der Waals surface area contributed by atoms with Crippen molar-refractivity contribution in [2.24, 2.45) is 0 Å². The summed E-state index contributed by atoms with van der Waals surface area (Å²) in [5.41, 5.74) is -0.818. The normalized spacial score (nSPS) is 10.4. The molecule has 0 spiro atoms. The van der Waals surface area contributed by atoms with Gasteiger partial charge in [-0.05, 0) is 30.7 Å². The molecule has 2 rings (SSSR count).